The third-order valence-corrected chi connectivity index (χ3v) is 5.70. The van der Waals surface area contributed by atoms with Gasteiger partial charge in [-0.2, -0.15) is 10.2 Å². The van der Waals surface area contributed by atoms with E-state index < -0.39 is 26.7 Å². The number of nitrogens with one attached hydrogen (secondary N) is 1. The minimum absolute atomic E-state index is 0.0172. The quantitative estimate of drug-likeness (QED) is 0.587. The third kappa shape index (κ3) is 5.43. The van der Waals surface area contributed by atoms with Gasteiger partial charge in [-0.05, 0) is 61.7 Å². The summed E-state index contributed by atoms with van der Waals surface area (Å²) in [6.45, 7) is 5.42. The topological polar surface area (TPSA) is 122 Å². The molecule has 2 aromatic carbocycles. The second-order valence-corrected chi connectivity index (χ2v) is 8.89. The molecule has 1 amide bonds. The molecular weight excluding hydrogens is 416 g/mol. The highest BCUT2D eigenvalue weighted by molar-refractivity contribution is 7.92. The maximum atomic E-state index is 12.6. The number of rotatable bonds is 6. The lowest BCUT2D eigenvalue weighted by Gasteiger charge is -2.12. The number of benzene rings is 2. The number of anilines is 1. The highest BCUT2D eigenvalue weighted by atomic mass is 32.2. The minimum Gasteiger partial charge on any atom is -0.438 e. The molecular formula is C22H20N4O4S. The Morgan fingerprint density at radius 1 is 1.13 bits per heavy atom. The van der Waals surface area contributed by atoms with Gasteiger partial charge in [0.1, 0.15) is 11.5 Å². The normalized spacial score (nSPS) is 10.9. The predicted molar refractivity (Wildman–Crippen MR) is 115 cm³/mol. The Bertz CT molecular complexity index is 1270. The van der Waals surface area contributed by atoms with Crippen molar-refractivity contribution < 1.29 is 17.9 Å². The van der Waals surface area contributed by atoms with Crippen LogP contribution in [0.15, 0.2) is 53.8 Å². The van der Waals surface area contributed by atoms with E-state index in [-0.39, 0.29) is 5.88 Å². The van der Waals surface area contributed by atoms with Crippen LogP contribution in [-0.2, 0) is 14.6 Å². The third-order valence-electron chi connectivity index (χ3n) is 4.31. The number of sulfone groups is 1. The van der Waals surface area contributed by atoms with E-state index in [2.05, 4.69) is 21.4 Å². The molecule has 0 fully saturated rings. The van der Waals surface area contributed by atoms with Crippen LogP contribution < -0.4 is 10.1 Å². The number of nitriles is 1. The monoisotopic (exact) mass is 436 g/mol. The Labute approximate surface area is 180 Å². The number of hydrogen-bond acceptors (Lipinski definition) is 7. The van der Waals surface area contributed by atoms with Gasteiger partial charge in [0.05, 0.1) is 11.6 Å². The number of carbonyl (C=O) groups excluding carboxylic acids is 1. The molecule has 0 saturated carbocycles. The van der Waals surface area contributed by atoms with Crippen LogP contribution in [0.5, 0.6) is 11.6 Å². The molecule has 0 aliphatic heterocycles. The Morgan fingerprint density at radius 2 is 1.84 bits per heavy atom. The van der Waals surface area contributed by atoms with E-state index in [1.807, 2.05) is 13.0 Å². The van der Waals surface area contributed by atoms with E-state index in [1.54, 1.807) is 44.2 Å². The Balaban J connectivity index is 1.79. The smallest absolute Gasteiger partial charge is 0.250 e. The van der Waals surface area contributed by atoms with Crippen molar-refractivity contribution >= 4 is 21.4 Å². The molecule has 3 aromatic rings. The molecule has 0 aliphatic carbocycles. The second-order valence-electron chi connectivity index (χ2n) is 7.01. The van der Waals surface area contributed by atoms with Crippen LogP contribution in [0, 0.1) is 32.1 Å². The molecule has 1 heterocycles. The molecule has 31 heavy (non-hydrogen) atoms. The van der Waals surface area contributed by atoms with Crippen LogP contribution in [0.25, 0.3) is 0 Å². The summed E-state index contributed by atoms with van der Waals surface area (Å²) in [5.74, 6) is -1.01. The first-order valence-corrected chi connectivity index (χ1v) is 10.9. The molecule has 0 unspecified atom stereocenters. The number of aromatic nitrogens is 2. The molecule has 8 nitrogen and oxygen atoms in total. The van der Waals surface area contributed by atoms with Crippen LogP contribution in [0.3, 0.4) is 0 Å². The van der Waals surface area contributed by atoms with Gasteiger partial charge in [-0.25, -0.2) is 13.4 Å². The van der Waals surface area contributed by atoms with Crippen molar-refractivity contribution in [3.8, 4) is 17.7 Å². The number of carbonyl (C=O) groups is 1. The molecule has 1 N–H and O–H groups in total. The van der Waals surface area contributed by atoms with Crippen molar-refractivity contribution in [3.05, 3.63) is 70.9 Å². The van der Waals surface area contributed by atoms with Crippen LogP contribution >= 0.6 is 0 Å². The largest absolute Gasteiger partial charge is 0.438 e. The SMILES string of the molecule is Cc1cccc(NC(=O)CS(=O)(=O)c2nccc(Oc3c(C)cc(C#N)cc3C)n2)c1. The zero-order valence-corrected chi connectivity index (χ0v) is 18.0. The van der Waals surface area contributed by atoms with Gasteiger partial charge >= 0.3 is 0 Å². The molecule has 0 spiro atoms. The van der Waals surface area contributed by atoms with Crippen LogP contribution in [0.4, 0.5) is 5.69 Å². The predicted octanol–water partition coefficient (Wildman–Crippen LogP) is 3.48. The zero-order chi connectivity index (χ0) is 22.6. The molecule has 3 rings (SSSR count). The van der Waals surface area contributed by atoms with E-state index in [1.165, 1.54) is 12.3 Å². The molecule has 158 valence electrons. The van der Waals surface area contributed by atoms with Crippen molar-refractivity contribution in [1.29, 1.82) is 5.26 Å². The van der Waals surface area contributed by atoms with Crippen LogP contribution in [0.2, 0.25) is 0 Å². The summed E-state index contributed by atoms with van der Waals surface area (Å²) in [5.41, 5.74) is 3.34. The summed E-state index contributed by atoms with van der Waals surface area (Å²) in [7, 11) is -4.09. The molecule has 9 heteroatoms. The van der Waals surface area contributed by atoms with Gasteiger partial charge in [-0.3, -0.25) is 4.79 Å². The lowest BCUT2D eigenvalue weighted by Crippen LogP contribution is -2.24. The first-order valence-electron chi connectivity index (χ1n) is 9.29. The Kier molecular flexibility index (Phi) is 6.32. The zero-order valence-electron chi connectivity index (χ0n) is 17.2. The van der Waals surface area contributed by atoms with E-state index in [4.69, 9.17) is 10.00 Å². The fraction of sp³-hybridized carbons (Fsp3) is 0.182. The maximum Gasteiger partial charge on any atom is 0.250 e. The van der Waals surface area contributed by atoms with Gasteiger partial charge < -0.3 is 10.1 Å². The highest BCUT2D eigenvalue weighted by Gasteiger charge is 2.23. The van der Waals surface area contributed by atoms with E-state index in [9.17, 15) is 13.2 Å². The first-order chi connectivity index (χ1) is 14.7. The molecule has 0 atom stereocenters. The molecule has 0 saturated heterocycles. The summed E-state index contributed by atoms with van der Waals surface area (Å²) in [6, 6.07) is 13.8. The molecule has 1 aromatic heterocycles. The number of nitrogens with zero attached hydrogens (tertiary/aromatic N) is 3. The van der Waals surface area contributed by atoms with Gasteiger partial charge in [-0.1, -0.05) is 12.1 Å². The van der Waals surface area contributed by atoms with Crippen molar-refractivity contribution in [1.82, 2.24) is 9.97 Å². The summed E-state index contributed by atoms with van der Waals surface area (Å²) >= 11 is 0. The first kappa shape index (κ1) is 21.9. The molecule has 0 radical (unpaired) electrons. The molecule has 0 aliphatic rings. The number of amides is 1. The highest BCUT2D eigenvalue weighted by Crippen LogP contribution is 2.29. The van der Waals surface area contributed by atoms with Gasteiger partial charge in [0, 0.05) is 18.0 Å². The van der Waals surface area contributed by atoms with E-state index in [0.717, 1.165) is 5.56 Å². The van der Waals surface area contributed by atoms with Crippen molar-refractivity contribution in [3.63, 3.8) is 0 Å². The fourth-order valence-corrected chi connectivity index (χ4v) is 3.97. The average molecular weight is 436 g/mol. The fourth-order valence-electron chi connectivity index (χ4n) is 2.97. The minimum atomic E-state index is -4.09. The Morgan fingerprint density at radius 3 is 2.48 bits per heavy atom. The van der Waals surface area contributed by atoms with Gasteiger partial charge in [0.25, 0.3) is 5.16 Å². The van der Waals surface area contributed by atoms with Crippen molar-refractivity contribution in [2.45, 2.75) is 25.9 Å². The number of ether oxygens (including phenoxy) is 1. The van der Waals surface area contributed by atoms with Crippen molar-refractivity contribution in [2.75, 3.05) is 11.1 Å². The summed E-state index contributed by atoms with van der Waals surface area (Å²) in [6.07, 6.45) is 1.25. The standard InChI is InChI=1S/C22H20N4O4S/c1-14-5-4-6-18(9-14)25-19(27)13-31(28,29)22-24-8-7-20(26-22)30-21-15(2)10-17(12-23)11-16(21)3/h4-11H,13H2,1-3H3,(H,25,27). The lowest BCUT2D eigenvalue weighted by atomic mass is 10.1. The van der Waals surface area contributed by atoms with E-state index in [0.29, 0.717) is 28.1 Å². The van der Waals surface area contributed by atoms with Gasteiger partial charge in [0.15, 0.2) is 0 Å². The Hall–Kier alpha value is -3.77. The van der Waals surface area contributed by atoms with Crippen molar-refractivity contribution in [2.24, 2.45) is 0 Å². The van der Waals surface area contributed by atoms with E-state index >= 15 is 0 Å². The number of aryl methyl sites for hydroxylation is 3. The lowest BCUT2D eigenvalue weighted by molar-refractivity contribution is -0.113. The molecule has 0 bridgehead atoms. The average Bonchev–Trinajstić information content (AvgIpc) is 2.70. The summed E-state index contributed by atoms with van der Waals surface area (Å²) in [5, 5.41) is 11.1. The van der Waals surface area contributed by atoms with Gasteiger partial charge in [0.2, 0.25) is 21.6 Å². The summed E-state index contributed by atoms with van der Waals surface area (Å²) < 4.78 is 31.1. The van der Waals surface area contributed by atoms with Gasteiger partial charge in [-0.15, -0.1) is 0 Å². The number of hydrogen-bond donors (Lipinski definition) is 1. The van der Waals surface area contributed by atoms with Crippen LogP contribution in [-0.4, -0.2) is 30.0 Å². The maximum absolute atomic E-state index is 12.6. The van der Waals surface area contributed by atoms with Crippen LogP contribution in [0.1, 0.15) is 22.3 Å². The second kappa shape index (κ2) is 8.93. The summed E-state index contributed by atoms with van der Waals surface area (Å²) in [4.78, 5) is 20.0.